The normalized spacial score (nSPS) is 17.4. The molecule has 2 heterocycles. The number of hydrogen-bond acceptors (Lipinski definition) is 6. The first-order valence-electron chi connectivity index (χ1n) is 9.66. The third-order valence-corrected chi connectivity index (χ3v) is 7.70. The van der Waals surface area contributed by atoms with Crippen molar-refractivity contribution < 1.29 is 9.18 Å². The number of halogens is 2. The minimum atomic E-state index is -0.620. The van der Waals surface area contributed by atoms with Gasteiger partial charge in [-0.3, -0.25) is 4.79 Å². The van der Waals surface area contributed by atoms with Crippen LogP contribution in [0.15, 0.2) is 88.0 Å². The monoisotopic (exact) mass is 523 g/mol. The summed E-state index contributed by atoms with van der Waals surface area (Å²) < 4.78 is 15.2. The molecule has 0 amide bonds. The minimum absolute atomic E-state index is 0.100. The van der Waals surface area contributed by atoms with E-state index in [-0.39, 0.29) is 11.6 Å². The first-order chi connectivity index (χ1) is 15.5. The lowest BCUT2D eigenvalue weighted by Gasteiger charge is -2.09. The van der Waals surface area contributed by atoms with E-state index in [2.05, 4.69) is 15.9 Å². The molecule has 4 nitrogen and oxygen atoms in total. The number of ketones is 1. The van der Waals surface area contributed by atoms with Gasteiger partial charge in [0.05, 0.1) is 21.5 Å². The third-order valence-electron chi connectivity index (χ3n) is 4.93. The lowest BCUT2D eigenvalue weighted by molar-refractivity contribution is 0.0998. The Balaban J connectivity index is 1.62. The van der Waals surface area contributed by atoms with Gasteiger partial charge in [0.15, 0.2) is 5.78 Å². The maximum absolute atomic E-state index is 13.4. The van der Waals surface area contributed by atoms with Crippen molar-refractivity contribution in [1.82, 2.24) is 4.98 Å². The average Bonchev–Trinajstić information content (AvgIpc) is 3.35. The van der Waals surface area contributed by atoms with E-state index in [9.17, 15) is 9.18 Å². The molecule has 3 aromatic carbocycles. The standard InChI is InChI=1S/C24H15BrFN3OS2/c25-14-5-3-4-13(12-14)21(30)22-20(27)19(24-29-17-6-1-2-7-18(17)31-24)23(32-22)28-16-10-8-15(26)9-11-16/h1-12,22H,27H2/t22-/m1/s1. The Morgan fingerprint density at radius 1 is 1.06 bits per heavy atom. The molecule has 1 aromatic heterocycles. The van der Waals surface area contributed by atoms with Crippen molar-refractivity contribution in [3.63, 3.8) is 0 Å². The number of aliphatic imine (C=N–C) groups is 1. The summed E-state index contributed by atoms with van der Waals surface area (Å²) in [5.41, 5.74) is 9.67. The van der Waals surface area contributed by atoms with E-state index < -0.39 is 5.25 Å². The molecule has 1 aliphatic rings. The summed E-state index contributed by atoms with van der Waals surface area (Å²) in [6.07, 6.45) is 0. The second-order valence-electron chi connectivity index (χ2n) is 7.08. The van der Waals surface area contributed by atoms with Crippen LogP contribution >= 0.6 is 39.0 Å². The van der Waals surface area contributed by atoms with Crippen LogP contribution in [0.1, 0.15) is 15.4 Å². The summed E-state index contributed by atoms with van der Waals surface area (Å²) in [7, 11) is 0. The van der Waals surface area contributed by atoms with Crippen LogP contribution in [0.5, 0.6) is 0 Å². The number of nitrogens with two attached hydrogens (primary N) is 1. The molecule has 32 heavy (non-hydrogen) atoms. The maximum Gasteiger partial charge on any atom is 0.182 e. The van der Waals surface area contributed by atoms with Gasteiger partial charge in [0.1, 0.15) is 21.1 Å². The molecule has 4 aromatic rings. The van der Waals surface area contributed by atoms with Crippen molar-refractivity contribution in [2.24, 2.45) is 10.7 Å². The molecular weight excluding hydrogens is 509 g/mol. The number of aromatic nitrogens is 1. The number of carbonyl (C=O) groups is 1. The van der Waals surface area contributed by atoms with Gasteiger partial charge in [-0.2, -0.15) is 0 Å². The number of thiazole rings is 1. The summed E-state index contributed by atoms with van der Waals surface area (Å²) in [4.78, 5) is 22.8. The van der Waals surface area contributed by atoms with Gasteiger partial charge in [0.25, 0.3) is 0 Å². The fourth-order valence-electron chi connectivity index (χ4n) is 3.39. The number of Topliss-reactive ketones (excluding diaryl/α,β-unsaturated/α-hetero) is 1. The molecule has 0 bridgehead atoms. The van der Waals surface area contributed by atoms with Gasteiger partial charge in [-0.1, -0.05) is 52.0 Å². The van der Waals surface area contributed by atoms with Gasteiger partial charge in [-0.25, -0.2) is 14.4 Å². The summed E-state index contributed by atoms with van der Waals surface area (Å²) >= 11 is 6.22. The van der Waals surface area contributed by atoms with Gasteiger partial charge in [0.2, 0.25) is 0 Å². The van der Waals surface area contributed by atoms with Gasteiger partial charge >= 0.3 is 0 Å². The second-order valence-corrected chi connectivity index (χ2v) is 10.1. The molecular formula is C24H15BrFN3OS2. The van der Waals surface area contributed by atoms with E-state index in [0.717, 1.165) is 14.7 Å². The zero-order valence-corrected chi connectivity index (χ0v) is 19.7. The van der Waals surface area contributed by atoms with Crippen LogP contribution in [0.25, 0.3) is 15.8 Å². The molecule has 0 saturated carbocycles. The van der Waals surface area contributed by atoms with Crippen molar-refractivity contribution in [2.75, 3.05) is 0 Å². The van der Waals surface area contributed by atoms with E-state index in [0.29, 0.717) is 32.6 Å². The van der Waals surface area contributed by atoms with Gasteiger partial charge in [0, 0.05) is 15.7 Å². The van der Waals surface area contributed by atoms with Crippen molar-refractivity contribution >= 4 is 71.3 Å². The van der Waals surface area contributed by atoms with Crippen LogP contribution in [0, 0.1) is 5.82 Å². The zero-order valence-electron chi connectivity index (χ0n) is 16.5. The molecule has 2 N–H and O–H groups in total. The Kier molecular flexibility index (Phi) is 5.67. The molecule has 8 heteroatoms. The van der Waals surface area contributed by atoms with Crippen LogP contribution in [0.3, 0.4) is 0 Å². The smallest absolute Gasteiger partial charge is 0.182 e. The number of hydrogen-bond donors (Lipinski definition) is 1. The van der Waals surface area contributed by atoms with Crippen LogP contribution < -0.4 is 5.73 Å². The van der Waals surface area contributed by atoms with E-state index in [1.54, 1.807) is 24.3 Å². The highest BCUT2D eigenvalue weighted by molar-refractivity contribution is 9.10. The lowest BCUT2D eigenvalue weighted by atomic mass is 10.0. The van der Waals surface area contributed by atoms with E-state index in [4.69, 9.17) is 15.7 Å². The Bertz CT molecular complexity index is 1380. The fourth-order valence-corrected chi connectivity index (χ4v) is 6.08. The maximum atomic E-state index is 13.4. The number of para-hydroxylation sites is 1. The summed E-state index contributed by atoms with van der Waals surface area (Å²) in [6.45, 7) is 0. The Labute approximate surface area is 200 Å². The highest BCUT2D eigenvalue weighted by Gasteiger charge is 2.37. The van der Waals surface area contributed by atoms with Gasteiger partial charge < -0.3 is 5.73 Å². The molecule has 5 rings (SSSR count). The fraction of sp³-hybridized carbons (Fsp3) is 0.0417. The predicted octanol–water partition coefficient (Wildman–Crippen LogP) is 6.60. The molecule has 0 fully saturated rings. The highest BCUT2D eigenvalue weighted by Crippen LogP contribution is 2.43. The van der Waals surface area contributed by atoms with Gasteiger partial charge in [-0.15, -0.1) is 11.3 Å². The number of fused-ring (bicyclic) bond motifs is 1. The predicted molar refractivity (Wildman–Crippen MR) is 134 cm³/mol. The average molecular weight is 524 g/mol. The molecule has 0 saturated heterocycles. The molecule has 0 radical (unpaired) electrons. The van der Waals surface area contributed by atoms with Crippen molar-refractivity contribution in [3.05, 3.63) is 99.4 Å². The number of carbonyl (C=O) groups excluding carboxylic acids is 1. The Morgan fingerprint density at radius 3 is 2.59 bits per heavy atom. The van der Waals surface area contributed by atoms with Crippen molar-refractivity contribution in [1.29, 1.82) is 0 Å². The zero-order chi connectivity index (χ0) is 22.2. The topological polar surface area (TPSA) is 68.3 Å². The first kappa shape index (κ1) is 21.1. The van der Waals surface area contributed by atoms with E-state index in [1.165, 1.54) is 35.2 Å². The number of rotatable bonds is 4. The second kappa shape index (κ2) is 8.61. The first-order valence-corrected chi connectivity index (χ1v) is 12.1. The molecule has 0 unspecified atom stereocenters. The third kappa shape index (κ3) is 4.01. The van der Waals surface area contributed by atoms with Gasteiger partial charge in [-0.05, 0) is 48.5 Å². The Hall–Kier alpha value is -2.81. The molecule has 1 aliphatic heterocycles. The van der Waals surface area contributed by atoms with Crippen molar-refractivity contribution in [2.45, 2.75) is 5.25 Å². The van der Waals surface area contributed by atoms with E-state index >= 15 is 0 Å². The largest absolute Gasteiger partial charge is 0.400 e. The number of thioether (sulfide) groups is 1. The van der Waals surface area contributed by atoms with Crippen molar-refractivity contribution in [3.8, 4) is 0 Å². The minimum Gasteiger partial charge on any atom is -0.400 e. The summed E-state index contributed by atoms with van der Waals surface area (Å²) in [5.74, 6) is -0.436. The Morgan fingerprint density at radius 2 is 1.84 bits per heavy atom. The van der Waals surface area contributed by atoms with Crippen LogP contribution in [-0.4, -0.2) is 21.1 Å². The summed E-state index contributed by atoms with van der Waals surface area (Å²) in [6, 6.07) is 21.0. The highest BCUT2D eigenvalue weighted by atomic mass is 79.9. The van der Waals surface area contributed by atoms with Crippen LogP contribution in [-0.2, 0) is 0 Å². The van der Waals surface area contributed by atoms with Crippen LogP contribution in [0.2, 0.25) is 0 Å². The molecule has 0 aliphatic carbocycles. The molecule has 158 valence electrons. The molecule has 1 atom stereocenters. The quantitative estimate of drug-likeness (QED) is 0.306. The SMILES string of the molecule is NC1=C(c2nc3ccccc3s2)C(=Nc2ccc(F)cc2)S[C@H]1C(=O)c1cccc(Br)c1. The number of benzene rings is 3. The summed E-state index contributed by atoms with van der Waals surface area (Å²) in [5, 5.41) is 0.689. The molecule has 0 spiro atoms. The number of nitrogens with zero attached hydrogens (tertiary/aromatic N) is 2. The van der Waals surface area contributed by atoms with Crippen LogP contribution in [0.4, 0.5) is 10.1 Å². The van der Waals surface area contributed by atoms with E-state index in [1.807, 2.05) is 36.4 Å². The lowest BCUT2D eigenvalue weighted by Crippen LogP contribution is -2.22.